The van der Waals surface area contributed by atoms with E-state index in [1.807, 2.05) is 0 Å². The van der Waals surface area contributed by atoms with Crippen molar-refractivity contribution in [2.75, 3.05) is 0 Å². The fraction of sp³-hybridized carbons (Fsp3) is 0.571. The van der Waals surface area contributed by atoms with Gasteiger partial charge < -0.3 is 0 Å². The SMILES string of the molecule is Cc1nn(CCC(F)(F)F)cc1S(=O)(=O)Cl. The first-order valence-electron chi connectivity index (χ1n) is 4.15. The van der Waals surface area contributed by atoms with Crippen molar-refractivity contribution in [1.82, 2.24) is 9.78 Å². The smallest absolute Gasteiger partial charge is 0.271 e. The summed E-state index contributed by atoms with van der Waals surface area (Å²) in [5.74, 6) is 0. The molecule has 0 unspecified atom stereocenters. The van der Waals surface area contributed by atoms with Gasteiger partial charge in [0, 0.05) is 23.4 Å². The van der Waals surface area contributed by atoms with E-state index in [1.54, 1.807) is 0 Å². The van der Waals surface area contributed by atoms with Crippen LogP contribution in [-0.4, -0.2) is 24.4 Å². The Balaban J connectivity index is 2.87. The monoisotopic (exact) mass is 276 g/mol. The van der Waals surface area contributed by atoms with Crippen LogP contribution in [0.4, 0.5) is 13.2 Å². The summed E-state index contributed by atoms with van der Waals surface area (Å²) < 4.78 is 58.5. The van der Waals surface area contributed by atoms with E-state index in [0.717, 1.165) is 10.9 Å². The van der Waals surface area contributed by atoms with E-state index in [1.165, 1.54) is 6.92 Å². The first-order chi connectivity index (χ1) is 7.09. The van der Waals surface area contributed by atoms with Crippen LogP contribution in [0, 0.1) is 6.92 Å². The number of halogens is 4. The van der Waals surface area contributed by atoms with Crippen LogP contribution in [-0.2, 0) is 15.6 Å². The van der Waals surface area contributed by atoms with Gasteiger partial charge in [0.1, 0.15) is 4.90 Å². The van der Waals surface area contributed by atoms with Gasteiger partial charge >= 0.3 is 6.18 Å². The molecule has 0 spiro atoms. The Kier molecular flexibility index (Phi) is 3.53. The molecule has 0 aliphatic rings. The van der Waals surface area contributed by atoms with Crippen molar-refractivity contribution in [2.24, 2.45) is 0 Å². The summed E-state index contributed by atoms with van der Waals surface area (Å²) in [6.45, 7) is 0.927. The maximum atomic E-state index is 11.9. The zero-order valence-corrected chi connectivity index (χ0v) is 9.70. The molecular formula is C7H8ClF3N2O2S. The fourth-order valence-electron chi connectivity index (χ4n) is 1.09. The molecular weight excluding hydrogens is 269 g/mol. The van der Waals surface area contributed by atoms with Crippen molar-refractivity contribution in [3.05, 3.63) is 11.9 Å². The van der Waals surface area contributed by atoms with Crippen LogP contribution in [0.15, 0.2) is 11.1 Å². The van der Waals surface area contributed by atoms with Gasteiger partial charge in [0.25, 0.3) is 9.05 Å². The molecule has 0 saturated heterocycles. The Morgan fingerprint density at radius 2 is 2.06 bits per heavy atom. The molecule has 0 aliphatic carbocycles. The zero-order valence-electron chi connectivity index (χ0n) is 8.12. The van der Waals surface area contributed by atoms with Crippen molar-refractivity contribution in [3.63, 3.8) is 0 Å². The highest BCUT2D eigenvalue weighted by molar-refractivity contribution is 8.13. The summed E-state index contributed by atoms with van der Waals surface area (Å²) in [5.41, 5.74) is 0.0807. The van der Waals surface area contributed by atoms with Gasteiger partial charge in [0.05, 0.1) is 12.1 Å². The Bertz CT molecular complexity index is 480. The van der Waals surface area contributed by atoms with Gasteiger partial charge in [0.2, 0.25) is 0 Å². The fourth-order valence-corrected chi connectivity index (χ4v) is 2.19. The quantitative estimate of drug-likeness (QED) is 0.794. The lowest BCUT2D eigenvalue weighted by molar-refractivity contribution is -0.137. The van der Waals surface area contributed by atoms with E-state index < -0.39 is 28.2 Å². The van der Waals surface area contributed by atoms with Crippen LogP contribution >= 0.6 is 10.7 Å². The summed E-state index contributed by atoms with van der Waals surface area (Å²) >= 11 is 0. The number of rotatable bonds is 3. The van der Waals surface area contributed by atoms with Crippen molar-refractivity contribution in [2.45, 2.75) is 31.0 Å². The summed E-state index contributed by atoms with van der Waals surface area (Å²) in [6.07, 6.45) is -4.39. The zero-order chi connectivity index (χ0) is 12.6. The minimum atomic E-state index is -4.31. The van der Waals surface area contributed by atoms with E-state index in [4.69, 9.17) is 10.7 Å². The average Bonchev–Trinajstić information content (AvgIpc) is 2.41. The molecule has 16 heavy (non-hydrogen) atoms. The highest BCUT2D eigenvalue weighted by atomic mass is 35.7. The molecule has 92 valence electrons. The minimum Gasteiger partial charge on any atom is -0.271 e. The van der Waals surface area contributed by atoms with Crippen LogP contribution in [0.5, 0.6) is 0 Å². The lowest BCUT2D eigenvalue weighted by atomic mass is 10.4. The molecule has 1 aromatic heterocycles. The normalized spacial score (nSPS) is 13.1. The average molecular weight is 277 g/mol. The van der Waals surface area contributed by atoms with Crippen LogP contribution < -0.4 is 0 Å². The third-order valence-electron chi connectivity index (χ3n) is 1.79. The Labute approximate surface area is 94.4 Å². The summed E-state index contributed by atoms with van der Waals surface area (Å²) in [7, 11) is 1.11. The molecule has 0 atom stereocenters. The molecule has 0 aliphatic heterocycles. The Morgan fingerprint density at radius 1 is 1.50 bits per heavy atom. The number of hydrogen-bond donors (Lipinski definition) is 0. The molecule has 9 heteroatoms. The molecule has 0 saturated carbocycles. The van der Waals surface area contributed by atoms with Crippen molar-refractivity contribution >= 4 is 19.7 Å². The Morgan fingerprint density at radius 3 is 2.44 bits per heavy atom. The van der Waals surface area contributed by atoms with Crippen molar-refractivity contribution < 1.29 is 21.6 Å². The van der Waals surface area contributed by atoms with Crippen molar-refractivity contribution in [3.8, 4) is 0 Å². The van der Waals surface area contributed by atoms with Gasteiger partial charge in [-0.15, -0.1) is 0 Å². The highest BCUT2D eigenvalue weighted by Crippen LogP contribution is 2.22. The second-order valence-electron chi connectivity index (χ2n) is 3.14. The standard InChI is InChI=1S/C7H8ClF3N2O2S/c1-5-6(16(8,14)15)4-13(12-5)3-2-7(9,10)11/h4H,2-3H2,1H3. The number of nitrogens with zero attached hydrogens (tertiary/aromatic N) is 2. The third kappa shape index (κ3) is 3.67. The van der Waals surface area contributed by atoms with Gasteiger partial charge in [-0.2, -0.15) is 18.3 Å². The molecule has 0 aromatic carbocycles. The van der Waals surface area contributed by atoms with Crippen LogP contribution in [0.1, 0.15) is 12.1 Å². The number of aryl methyl sites for hydroxylation is 2. The second kappa shape index (κ2) is 4.25. The van der Waals surface area contributed by atoms with E-state index in [9.17, 15) is 21.6 Å². The minimum absolute atomic E-state index is 0.0807. The first kappa shape index (κ1) is 13.3. The third-order valence-corrected chi connectivity index (χ3v) is 3.21. The lowest BCUT2D eigenvalue weighted by Gasteiger charge is -2.05. The highest BCUT2D eigenvalue weighted by Gasteiger charge is 2.27. The van der Waals surface area contributed by atoms with Crippen LogP contribution in [0.3, 0.4) is 0 Å². The van der Waals surface area contributed by atoms with Gasteiger partial charge in [-0.05, 0) is 6.92 Å². The molecule has 0 amide bonds. The van der Waals surface area contributed by atoms with Gasteiger partial charge in [-0.25, -0.2) is 8.42 Å². The van der Waals surface area contributed by atoms with E-state index in [2.05, 4.69) is 5.10 Å². The van der Waals surface area contributed by atoms with Crippen LogP contribution in [0.2, 0.25) is 0 Å². The number of hydrogen-bond acceptors (Lipinski definition) is 3. The summed E-state index contributed by atoms with van der Waals surface area (Å²) in [4.78, 5) is -0.267. The molecule has 1 heterocycles. The van der Waals surface area contributed by atoms with E-state index in [0.29, 0.717) is 0 Å². The molecule has 0 fully saturated rings. The van der Waals surface area contributed by atoms with Gasteiger partial charge in [0.15, 0.2) is 0 Å². The number of aromatic nitrogens is 2. The predicted molar refractivity (Wildman–Crippen MR) is 50.7 cm³/mol. The van der Waals surface area contributed by atoms with Crippen LogP contribution in [0.25, 0.3) is 0 Å². The molecule has 0 N–H and O–H groups in total. The largest absolute Gasteiger partial charge is 0.390 e. The maximum Gasteiger partial charge on any atom is 0.390 e. The maximum absolute atomic E-state index is 11.9. The summed E-state index contributed by atoms with van der Waals surface area (Å²) in [5, 5.41) is 3.63. The second-order valence-corrected chi connectivity index (χ2v) is 5.68. The molecule has 1 rings (SSSR count). The Hall–Kier alpha value is -0.760. The molecule has 4 nitrogen and oxygen atoms in total. The lowest BCUT2D eigenvalue weighted by Crippen LogP contribution is -2.12. The predicted octanol–water partition coefficient (Wildman–Crippen LogP) is 2.07. The van der Waals surface area contributed by atoms with Gasteiger partial charge in [-0.3, -0.25) is 4.68 Å². The van der Waals surface area contributed by atoms with Gasteiger partial charge in [-0.1, -0.05) is 0 Å². The first-order valence-corrected chi connectivity index (χ1v) is 6.46. The molecule has 0 bridgehead atoms. The van der Waals surface area contributed by atoms with Crippen molar-refractivity contribution in [1.29, 1.82) is 0 Å². The summed E-state index contributed by atoms with van der Waals surface area (Å²) in [6, 6.07) is 0. The topological polar surface area (TPSA) is 52.0 Å². The molecule has 1 aromatic rings. The number of alkyl halides is 3. The molecule has 0 radical (unpaired) electrons. The van der Waals surface area contributed by atoms with E-state index in [-0.39, 0.29) is 10.6 Å². The van der Waals surface area contributed by atoms with E-state index >= 15 is 0 Å².